The molecule has 2 heterocycles. The Morgan fingerprint density at radius 3 is 3.18 bits per heavy atom. The Kier molecular flexibility index (Phi) is 3.71. The van der Waals surface area contributed by atoms with E-state index >= 15 is 0 Å². The van der Waals surface area contributed by atoms with Crippen LogP contribution in [-0.2, 0) is 6.54 Å². The summed E-state index contributed by atoms with van der Waals surface area (Å²) in [6.07, 6.45) is 1.58. The number of hydrogen-bond acceptors (Lipinski definition) is 5. The Labute approximate surface area is 101 Å². The van der Waals surface area contributed by atoms with Gasteiger partial charge in [0, 0.05) is 25.7 Å². The summed E-state index contributed by atoms with van der Waals surface area (Å²) in [5, 5.41) is 16.5. The molecule has 0 aliphatic carbocycles. The van der Waals surface area contributed by atoms with E-state index in [9.17, 15) is 0 Å². The first-order valence-electron chi connectivity index (χ1n) is 5.95. The van der Waals surface area contributed by atoms with Crippen molar-refractivity contribution in [2.45, 2.75) is 32.5 Å². The molecule has 1 fully saturated rings. The maximum absolute atomic E-state index is 9.09. The second kappa shape index (κ2) is 5.25. The SMILES string of the molecule is CC(C)n1ncnc1CN1CCNCC1C#N. The highest BCUT2D eigenvalue weighted by Crippen LogP contribution is 2.11. The smallest absolute Gasteiger partial charge is 0.141 e. The number of aromatic nitrogens is 3. The first-order chi connectivity index (χ1) is 8.22. The van der Waals surface area contributed by atoms with Crippen molar-refractivity contribution in [3.8, 4) is 6.07 Å². The van der Waals surface area contributed by atoms with E-state index in [1.165, 1.54) is 0 Å². The van der Waals surface area contributed by atoms with E-state index in [4.69, 9.17) is 5.26 Å². The Morgan fingerprint density at radius 1 is 1.65 bits per heavy atom. The van der Waals surface area contributed by atoms with E-state index in [2.05, 4.69) is 40.2 Å². The number of nitriles is 1. The summed E-state index contributed by atoms with van der Waals surface area (Å²) in [4.78, 5) is 6.43. The predicted octanol–water partition coefficient (Wildman–Crippen LogP) is 0.156. The summed E-state index contributed by atoms with van der Waals surface area (Å²) >= 11 is 0. The van der Waals surface area contributed by atoms with Crippen molar-refractivity contribution in [3.63, 3.8) is 0 Å². The third kappa shape index (κ3) is 2.62. The molecular weight excluding hydrogens is 216 g/mol. The summed E-state index contributed by atoms with van der Waals surface area (Å²) < 4.78 is 1.91. The number of nitrogens with zero attached hydrogens (tertiary/aromatic N) is 5. The molecule has 1 aliphatic heterocycles. The molecule has 1 saturated heterocycles. The zero-order valence-corrected chi connectivity index (χ0v) is 10.3. The summed E-state index contributed by atoms with van der Waals surface area (Å²) in [5.74, 6) is 0.933. The fourth-order valence-electron chi connectivity index (χ4n) is 2.06. The third-order valence-electron chi connectivity index (χ3n) is 2.98. The minimum absolute atomic E-state index is 0.0685. The molecular formula is C11H18N6. The van der Waals surface area contributed by atoms with Gasteiger partial charge in [-0.05, 0) is 13.8 Å². The van der Waals surface area contributed by atoms with Crippen molar-refractivity contribution in [1.29, 1.82) is 5.26 Å². The van der Waals surface area contributed by atoms with Crippen molar-refractivity contribution >= 4 is 0 Å². The van der Waals surface area contributed by atoms with E-state index < -0.39 is 0 Å². The van der Waals surface area contributed by atoms with Gasteiger partial charge in [-0.25, -0.2) is 9.67 Å². The van der Waals surface area contributed by atoms with Crippen LogP contribution in [0.15, 0.2) is 6.33 Å². The summed E-state index contributed by atoms with van der Waals surface area (Å²) in [6.45, 7) is 7.39. The highest BCUT2D eigenvalue weighted by molar-refractivity contribution is 4.98. The summed E-state index contributed by atoms with van der Waals surface area (Å²) in [5.41, 5.74) is 0. The third-order valence-corrected chi connectivity index (χ3v) is 2.98. The standard InChI is InChI=1S/C11H18N6/c1-9(2)17-11(14-8-15-17)7-16-4-3-13-6-10(16)5-12/h8-10,13H,3-4,6-7H2,1-2H3. The molecule has 6 heteroatoms. The van der Waals surface area contributed by atoms with Crippen molar-refractivity contribution < 1.29 is 0 Å². The van der Waals surface area contributed by atoms with Crippen LogP contribution in [0.2, 0.25) is 0 Å². The molecule has 1 unspecified atom stereocenters. The minimum Gasteiger partial charge on any atom is -0.313 e. The Hall–Kier alpha value is -1.45. The Bertz CT molecular complexity index is 404. The molecule has 1 N–H and O–H groups in total. The van der Waals surface area contributed by atoms with Gasteiger partial charge in [-0.1, -0.05) is 0 Å². The molecule has 0 radical (unpaired) electrons. The van der Waals surface area contributed by atoms with Crippen LogP contribution in [0.1, 0.15) is 25.7 Å². The van der Waals surface area contributed by atoms with Gasteiger partial charge in [-0.2, -0.15) is 10.4 Å². The molecule has 0 saturated carbocycles. The van der Waals surface area contributed by atoms with Crippen LogP contribution in [0, 0.1) is 11.3 Å². The highest BCUT2D eigenvalue weighted by Gasteiger charge is 2.23. The van der Waals surface area contributed by atoms with Gasteiger partial charge >= 0.3 is 0 Å². The molecule has 0 spiro atoms. The molecule has 2 rings (SSSR count). The van der Waals surface area contributed by atoms with E-state index in [1.807, 2.05) is 4.68 Å². The van der Waals surface area contributed by atoms with Crippen molar-refractivity contribution in [1.82, 2.24) is 25.0 Å². The Morgan fingerprint density at radius 2 is 2.47 bits per heavy atom. The topological polar surface area (TPSA) is 69.8 Å². The summed E-state index contributed by atoms with van der Waals surface area (Å²) in [7, 11) is 0. The fraction of sp³-hybridized carbons (Fsp3) is 0.727. The van der Waals surface area contributed by atoms with E-state index in [1.54, 1.807) is 6.33 Å². The number of hydrogen-bond donors (Lipinski definition) is 1. The van der Waals surface area contributed by atoms with E-state index in [0.717, 1.165) is 25.5 Å². The zero-order chi connectivity index (χ0) is 12.3. The van der Waals surface area contributed by atoms with E-state index in [0.29, 0.717) is 12.6 Å². The number of rotatable bonds is 3. The number of piperazine rings is 1. The second-order valence-corrected chi connectivity index (χ2v) is 4.53. The average molecular weight is 234 g/mol. The first-order valence-corrected chi connectivity index (χ1v) is 5.95. The Balaban J connectivity index is 2.09. The molecule has 92 valence electrons. The molecule has 17 heavy (non-hydrogen) atoms. The van der Waals surface area contributed by atoms with Gasteiger partial charge in [-0.15, -0.1) is 0 Å². The zero-order valence-electron chi connectivity index (χ0n) is 10.3. The quantitative estimate of drug-likeness (QED) is 0.806. The maximum atomic E-state index is 9.09. The van der Waals surface area contributed by atoms with Crippen LogP contribution in [0.3, 0.4) is 0 Å². The maximum Gasteiger partial charge on any atom is 0.141 e. The van der Waals surface area contributed by atoms with Gasteiger partial charge in [0.25, 0.3) is 0 Å². The van der Waals surface area contributed by atoms with Crippen LogP contribution in [0.5, 0.6) is 0 Å². The molecule has 0 amide bonds. The van der Waals surface area contributed by atoms with Crippen LogP contribution >= 0.6 is 0 Å². The first kappa shape index (κ1) is 12.0. The molecule has 0 bridgehead atoms. The normalized spacial score (nSPS) is 21.6. The largest absolute Gasteiger partial charge is 0.313 e. The van der Waals surface area contributed by atoms with Crippen LogP contribution in [-0.4, -0.2) is 45.3 Å². The lowest BCUT2D eigenvalue weighted by Crippen LogP contribution is -2.50. The van der Waals surface area contributed by atoms with Crippen molar-refractivity contribution in [2.24, 2.45) is 0 Å². The van der Waals surface area contributed by atoms with Gasteiger partial charge in [-0.3, -0.25) is 4.90 Å². The van der Waals surface area contributed by atoms with Crippen LogP contribution < -0.4 is 5.32 Å². The minimum atomic E-state index is -0.0685. The molecule has 1 aromatic heterocycles. The average Bonchev–Trinajstić information content (AvgIpc) is 2.78. The van der Waals surface area contributed by atoms with Crippen LogP contribution in [0.4, 0.5) is 0 Å². The molecule has 6 nitrogen and oxygen atoms in total. The monoisotopic (exact) mass is 234 g/mol. The lowest BCUT2D eigenvalue weighted by molar-refractivity contribution is 0.180. The van der Waals surface area contributed by atoms with Gasteiger partial charge < -0.3 is 5.32 Å². The van der Waals surface area contributed by atoms with Gasteiger partial charge in [0.1, 0.15) is 18.2 Å². The predicted molar refractivity (Wildman–Crippen MR) is 63.1 cm³/mol. The number of nitrogens with one attached hydrogen (secondary N) is 1. The van der Waals surface area contributed by atoms with Crippen molar-refractivity contribution in [2.75, 3.05) is 19.6 Å². The van der Waals surface area contributed by atoms with E-state index in [-0.39, 0.29) is 6.04 Å². The van der Waals surface area contributed by atoms with Gasteiger partial charge in [0.15, 0.2) is 0 Å². The highest BCUT2D eigenvalue weighted by atomic mass is 15.4. The fourth-order valence-corrected chi connectivity index (χ4v) is 2.06. The van der Waals surface area contributed by atoms with Crippen LogP contribution in [0.25, 0.3) is 0 Å². The molecule has 1 aromatic rings. The lowest BCUT2D eigenvalue weighted by Gasteiger charge is -2.31. The van der Waals surface area contributed by atoms with Gasteiger partial charge in [0.05, 0.1) is 12.6 Å². The lowest BCUT2D eigenvalue weighted by atomic mass is 10.2. The van der Waals surface area contributed by atoms with Crippen molar-refractivity contribution in [3.05, 3.63) is 12.2 Å². The molecule has 1 atom stereocenters. The summed E-state index contributed by atoms with van der Waals surface area (Å²) in [6, 6.07) is 2.55. The second-order valence-electron chi connectivity index (χ2n) is 4.53. The molecule has 0 aromatic carbocycles. The molecule has 1 aliphatic rings. The van der Waals surface area contributed by atoms with Gasteiger partial charge in [0.2, 0.25) is 0 Å².